The van der Waals surface area contributed by atoms with Gasteiger partial charge in [-0.1, -0.05) is 20.3 Å². The third-order valence-electron chi connectivity index (χ3n) is 1.27. The molecule has 0 bridgehead atoms. The molecule has 0 fully saturated rings. The Kier molecular flexibility index (Phi) is 5.00. The maximum Gasteiger partial charge on any atom is 0.399 e. The van der Waals surface area contributed by atoms with Crippen molar-refractivity contribution in [3.63, 3.8) is 0 Å². The third kappa shape index (κ3) is 4.36. The summed E-state index contributed by atoms with van der Waals surface area (Å²) in [6, 6.07) is 0. The van der Waals surface area contributed by atoms with Gasteiger partial charge in [-0.3, -0.25) is 0 Å². The summed E-state index contributed by atoms with van der Waals surface area (Å²) in [6.07, 6.45) is 1.33. The van der Waals surface area contributed by atoms with Crippen LogP contribution in [0.5, 0.6) is 0 Å². The highest BCUT2D eigenvalue weighted by Gasteiger charge is 1.96. The molecular formula is C6H12Mg. The molecule has 0 aliphatic heterocycles. The van der Waals surface area contributed by atoms with Gasteiger partial charge in [-0.05, 0) is 0 Å². The van der Waals surface area contributed by atoms with Crippen molar-refractivity contribution >= 4 is 20.4 Å². The standard InChI is InChI=1S/C4H9.C2H3.Mg/c1-3-4-2;1-2;/h3H,4H2,1-2H3;1H,2H2;. The lowest BCUT2D eigenvalue weighted by Gasteiger charge is -1.97. The molecule has 0 aromatic carbocycles. The molecule has 0 rings (SSSR count). The second-order valence-corrected chi connectivity index (χ2v) is 4.48. The van der Waals surface area contributed by atoms with Crippen molar-refractivity contribution < 1.29 is 0 Å². The van der Waals surface area contributed by atoms with E-state index in [-0.39, 0.29) is 20.4 Å². The largest absolute Gasteiger partial charge is 0.399 e. The Bertz CT molecular complexity index is 50.1. The Morgan fingerprint density at radius 1 is 1.86 bits per heavy atom. The predicted molar refractivity (Wildman–Crippen MR) is 35.7 cm³/mol. The molecule has 38 valence electrons. The maximum atomic E-state index is 3.71. The highest BCUT2D eigenvalue weighted by Crippen LogP contribution is 2.04. The average molecular weight is 108 g/mol. The van der Waals surface area contributed by atoms with Gasteiger partial charge in [-0.25, -0.2) is 4.21 Å². The van der Waals surface area contributed by atoms with Gasteiger partial charge in [-0.15, -0.1) is 10.6 Å². The zero-order chi connectivity index (χ0) is 5.70. The summed E-state index contributed by atoms with van der Waals surface area (Å²) >= 11 is 0.110. The monoisotopic (exact) mass is 108 g/mol. The van der Waals surface area contributed by atoms with Crippen LogP contribution in [-0.2, 0) is 0 Å². The summed E-state index contributed by atoms with van der Waals surface area (Å²) in [5.74, 6) is 0. The first-order chi connectivity index (χ1) is 3.31. The molecule has 0 spiro atoms. The van der Waals surface area contributed by atoms with Gasteiger partial charge in [0.05, 0.1) is 0 Å². The van der Waals surface area contributed by atoms with E-state index in [9.17, 15) is 0 Å². The summed E-state index contributed by atoms with van der Waals surface area (Å²) in [4.78, 5) is 0. The van der Waals surface area contributed by atoms with Crippen LogP contribution in [0.25, 0.3) is 0 Å². The molecule has 0 saturated carbocycles. The quantitative estimate of drug-likeness (QED) is 0.486. The van der Waals surface area contributed by atoms with Crippen LogP contribution in [-0.4, -0.2) is 20.4 Å². The fraction of sp³-hybridized carbons (Fsp3) is 0.667. The summed E-state index contributed by atoms with van der Waals surface area (Å²) in [5.41, 5.74) is 0. The second-order valence-electron chi connectivity index (χ2n) is 2.04. The van der Waals surface area contributed by atoms with Crippen LogP contribution in [0.1, 0.15) is 20.3 Å². The molecule has 0 nitrogen and oxygen atoms in total. The fourth-order valence-electron chi connectivity index (χ4n) is 0.451. The fourth-order valence-corrected chi connectivity index (χ4v) is 1.35. The van der Waals surface area contributed by atoms with Gasteiger partial charge in [0.2, 0.25) is 0 Å². The minimum Gasteiger partial charge on any atom is -0.214 e. The van der Waals surface area contributed by atoms with E-state index in [0.29, 0.717) is 0 Å². The molecule has 0 aliphatic rings. The molecule has 0 aromatic rings. The molecule has 0 saturated heterocycles. The van der Waals surface area contributed by atoms with Gasteiger partial charge in [0, 0.05) is 0 Å². The Labute approximate surface area is 55.7 Å². The smallest absolute Gasteiger partial charge is 0.214 e. The Morgan fingerprint density at radius 3 is 2.57 bits per heavy atom. The number of rotatable bonds is 3. The number of hydrogen-bond acceptors (Lipinski definition) is 0. The van der Waals surface area contributed by atoms with Crippen LogP contribution in [0.3, 0.4) is 0 Å². The molecule has 0 N–H and O–H groups in total. The van der Waals surface area contributed by atoms with Crippen molar-refractivity contribution in [1.82, 2.24) is 0 Å². The van der Waals surface area contributed by atoms with Crippen molar-refractivity contribution in [1.29, 1.82) is 0 Å². The lowest BCUT2D eigenvalue weighted by molar-refractivity contribution is 0.873. The molecule has 0 radical (unpaired) electrons. The van der Waals surface area contributed by atoms with Crippen LogP contribution in [0.4, 0.5) is 0 Å². The van der Waals surface area contributed by atoms with Gasteiger partial charge in [0.15, 0.2) is 0 Å². The average Bonchev–Trinajstić information content (AvgIpc) is 1.68. The zero-order valence-corrected chi connectivity index (χ0v) is 6.69. The molecule has 0 aromatic heterocycles. The normalized spacial score (nSPS) is 12.3. The Hall–Kier alpha value is 0.506. The molecular weight excluding hydrogens is 96.4 g/mol. The van der Waals surface area contributed by atoms with Crippen molar-refractivity contribution in [3.05, 3.63) is 10.8 Å². The van der Waals surface area contributed by atoms with E-state index in [4.69, 9.17) is 0 Å². The molecule has 7 heavy (non-hydrogen) atoms. The van der Waals surface area contributed by atoms with E-state index in [0.717, 1.165) is 4.05 Å². The van der Waals surface area contributed by atoms with Crippen molar-refractivity contribution in [2.75, 3.05) is 0 Å². The van der Waals surface area contributed by atoms with E-state index >= 15 is 0 Å². The van der Waals surface area contributed by atoms with Gasteiger partial charge < -0.3 is 0 Å². The van der Waals surface area contributed by atoms with E-state index in [1.807, 2.05) is 0 Å². The van der Waals surface area contributed by atoms with E-state index in [2.05, 4.69) is 24.6 Å². The number of hydrogen-bond donors (Lipinski definition) is 0. The SMILES string of the molecule is C=[CH][Mg][CH](C)CC. The van der Waals surface area contributed by atoms with Gasteiger partial charge >= 0.3 is 20.4 Å². The molecule has 0 amide bonds. The highest BCUT2D eigenvalue weighted by atomic mass is 24.5. The van der Waals surface area contributed by atoms with Crippen LogP contribution in [0, 0.1) is 0 Å². The van der Waals surface area contributed by atoms with Gasteiger partial charge in [-0.2, -0.15) is 0 Å². The van der Waals surface area contributed by atoms with E-state index < -0.39 is 0 Å². The van der Waals surface area contributed by atoms with Gasteiger partial charge in [0.1, 0.15) is 0 Å². The van der Waals surface area contributed by atoms with Gasteiger partial charge in [0.25, 0.3) is 0 Å². The molecule has 0 aliphatic carbocycles. The molecule has 1 heteroatoms. The third-order valence-corrected chi connectivity index (χ3v) is 2.98. The highest BCUT2D eigenvalue weighted by molar-refractivity contribution is 6.43. The Morgan fingerprint density at radius 2 is 2.43 bits per heavy atom. The van der Waals surface area contributed by atoms with Crippen LogP contribution in [0.2, 0.25) is 4.05 Å². The molecule has 0 heterocycles. The van der Waals surface area contributed by atoms with Crippen LogP contribution < -0.4 is 0 Å². The first-order valence-corrected chi connectivity index (χ1v) is 4.55. The Balaban J connectivity index is 2.98. The van der Waals surface area contributed by atoms with Crippen molar-refractivity contribution in [3.8, 4) is 0 Å². The van der Waals surface area contributed by atoms with Crippen molar-refractivity contribution in [2.45, 2.75) is 24.3 Å². The minimum atomic E-state index is 0.110. The maximum absolute atomic E-state index is 3.71. The summed E-state index contributed by atoms with van der Waals surface area (Å²) in [7, 11) is 0. The van der Waals surface area contributed by atoms with Crippen molar-refractivity contribution in [2.24, 2.45) is 0 Å². The lowest BCUT2D eigenvalue weighted by atomic mass is 10.4. The molecule has 1 atom stereocenters. The van der Waals surface area contributed by atoms with Crippen LogP contribution in [0.15, 0.2) is 10.8 Å². The topological polar surface area (TPSA) is 0 Å². The first-order valence-electron chi connectivity index (χ1n) is 2.92. The van der Waals surface area contributed by atoms with E-state index in [1.165, 1.54) is 6.42 Å². The zero-order valence-electron chi connectivity index (χ0n) is 5.28. The predicted octanol–water partition coefficient (Wildman–Crippen LogP) is 2.05. The summed E-state index contributed by atoms with van der Waals surface area (Å²) < 4.78 is 3.09. The summed E-state index contributed by atoms with van der Waals surface area (Å²) in [6.45, 7) is 8.25. The lowest BCUT2D eigenvalue weighted by Crippen LogP contribution is -1.92. The second kappa shape index (κ2) is 4.66. The summed E-state index contributed by atoms with van der Waals surface area (Å²) in [5, 5.41) is 0. The van der Waals surface area contributed by atoms with Crippen LogP contribution >= 0.6 is 0 Å². The first kappa shape index (κ1) is 7.51. The molecule has 1 unspecified atom stereocenters. The minimum absolute atomic E-state index is 0.110. The van der Waals surface area contributed by atoms with E-state index in [1.54, 1.807) is 0 Å².